The van der Waals surface area contributed by atoms with Crippen LogP contribution in [0.3, 0.4) is 0 Å². The SMILES string of the molecule is C[C@@H](c1ccccc1)N(C)c1nccnc1Cl. The van der Waals surface area contributed by atoms with Crippen LogP contribution in [0.15, 0.2) is 42.7 Å². The van der Waals surface area contributed by atoms with Gasteiger partial charge in [0.05, 0.1) is 6.04 Å². The molecule has 0 fully saturated rings. The first-order valence-electron chi connectivity index (χ1n) is 5.44. The lowest BCUT2D eigenvalue weighted by Gasteiger charge is -2.26. The molecule has 17 heavy (non-hydrogen) atoms. The fraction of sp³-hybridized carbons (Fsp3) is 0.231. The second-order valence-corrected chi connectivity index (χ2v) is 4.23. The van der Waals surface area contributed by atoms with Crippen LogP contribution in [0.1, 0.15) is 18.5 Å². The molecule has 0 aliphatic heterocycles. The lowest BCUT2D eigenvalue weighted by atomic mass is 10.1. The molecule has 88 valence electrons. The topological polar surface area (TPSA) is 29.0 Å². The van der Waals surface area contributed by atoms with Crippen molar-refractivity contribution >= 4 is 17.4 Å². The predicted octanol–water partition coefficient (Wildman–Crippen LogP) is 3.33. The van der Waals surface area contributed by atoms with Crippen molar-refractivity contribution in [3.8, 4) is 0 Å². The minimum absolute atomic E-state index is 0.199. The number of hydrogen-bond donors (Lipinski definition) is 0. The largest absolute Gasteiger partial charge is 0.350 e. The van der Waals surface area contributed by atoms with Crippen molar-refractivity contribution in [2.75, 3.05) is 11.9 Å². The summed E-state index contributed by atoms with van der Waals surface area (Å²) in [6.45, 7) is 2.11. The van der Waals surface area contributed by atoms with E-state index >= 15 is 0 Å². The molecule has 0 amide bonds. The lowest BCUT2D eigenvalue weighted by molar-refractivity contribution is 0.726. The highest BCUT2D eigenvalue weighted by Crippen LogP contribution is 2.27. The first-order valence-corrected chi connectivity index (χ1v) is 5.82. The second-order valence-electron chi connectivity index (χ2n) is 3.87. The van der Waals surface area contributed by atoms with Gasteiger partial charge in [0.25, 0.3) is 0 Å². The van der Waals surface area contributed by atoms with Crippen LogP contribution in [0, 0.1) is 0 Å². The molecular weight excluding hydrogens is 234 g/mol. The number of anilines is 1. The zero-order valence-electron chi connectivity index (χ0n) is 9.84. The van der Waals surface area contributed by atoms with Gasteiger partial charge < -0.3 is 4.90 Å². The van der Waals surface area contributed by atoms with Gasteiger partial charge in [0.1, 0.15) is 0 Å². The fourth-order valence-electron chi connectivity index (χ4n) is 1.69. The van der Waals surface area contributed by atoms with Gasteiger partial charge in [-0.1, -0.05) is 41.9 Å². The van der Waals surface area contributed by atoms with Crippen molar-refractivity contribution in [2.24, 2.45) is 0 Å². The van der Waals surface area contributed by atoms with Crippen LogP contribution in [0.4, 0.5) is 5.82 Å². The Morgan fingerprint density at radius 3 is 2.41 bits per heavy atom. The van der Waals surface area contributed by atoms with Crippen LogP contribution < -0.4 is 4.90 Å². The van der Waals surface area contributed by atoms with Gasteiger partial charge in [0, 0.05) is 19.4 Å². The molecule has 3 nitrogen and oxygen atoms in total. The highest BCUT2D eigenvalue weighted by molar-refractivity contribution is 6.31. The Bertz CT molecular complexity index is 487. The van der Waals surface area contributed by atoms with Crippen LogP contribution >= 0.6 is 11.6 Å². The Morgan fingerprint density at radius 1 is 1.12 bits per heavy atom. The molecule has 0 spiro atoms. The summed E-state index contributed by atoms with van der Waals surface area (Å²) in [5, 5.41) is 0.429. The predicted molar refractivity (Wildman–Crippen MR) is 70.3 cm³/mol. The van der Waals surface area contributed by atoms with Gasteiger partial charge in [-0.3, -0.25) is 0 Å². The zero-order chi connectivity index (χ0) is 12.3. The maximum Gasteiger partial charge on any atom is 0.171 e. The van der Waals surface area contributed by atoms with Gasteiger partial charge in [-0.05, 0) is 12.5 Å². The molecule has 1 atom stereocenters. The molecule has 2 aromatic rings. The molecular formula is C13H14ClN3. The van der Waals surface area contributed by atoms with E-state index in [1.54, 1.807) is 12.4 Å². The van der Waals surface area contributed by atoms with E-state index in [0.29, 0.717) is 11.0 Å². The summed E-state index contributed by atoms with van der Waals surface area (Å²) in [6, 6.07) is 10.4. The molecule has 2 rings (SSSR count). The number of hydrogen-bond acceptors (Lipinski definition) is 3. The van der Waals surface area contributed by atoms with E-state index in [9.17, 15) is 0 Å². The number of rotatable bonds is 3. The molecule has 0 aliphatic carbocycles. The number of benzene rings is 1. The normalized spacial score (nSPS) is 12.2. The summed E-state index contributed by atoms with van der Waals surface area (Å²) in [6.07, 6.45) is 3.24. The van der Waals surface area contributed by atoms with Crippen LogP contribution in [-0.4, -0.2) is 17.0 Å². The average Bonchev–Trinajstić information content (AvgIpc) is 2.39. The first-order chi connectivity index (χ1) is 8.20. The number of nitrogens with zero attached hydrogens (tertiary/aromatic N) is 3. The Morgan fingerprint density at radius 2 is 1.76 bits per heavy atom. The highest BCUT2D eigenvalue weighted by atomic mass is 35.5. The Balaban J connectivity index is 2.27. The number of halogens is 1. The van der Waals surface area contributed by atoms with Crippen LogP contribution in [0.25, 0.3) is 0 Å². The molecule has 0 aliphatic rings. The van der Waals surface area contributed by atoms with Crippen molar-refractivity contribution in [3.05, 3.63) is 53.4 Å². The van der Waals surface area contributed by atoms with Crippen LogP contribution in [0.5, 0.6) is 0 Å². The van der Waals surface area contributed by atoms with Gasteiger partial charge in [-0.25, -0.2) is 9.97 Å². The Hall–Kier alpha value is -1.61. The minimum Gasteiger partial charge on any atom is -0.350 e. The van der Waals surface area contributed by atoms with E-state index in [1.807, 2.05) is 30.1 Å². The smallest absolute Gasteiger partial charge is 0.171 e. The minimum atomic E-state index is 0.199. The summed E-state index contributed by atoms with van der Waals surface area (Å²) in [7, 11) is 1.97. The molecule has 1 aromatic carbocycles. The summed E-state index contributed by atoms with van der Waals surface area (Å²) < 4.78 is 0. The maximum absolute atomic E-state index is 6.04. The average molecular weight is 248 g/mol. The summed E-state index contributed by atoms with van der Waals surface area (Å²) in [5.74, 6) is 0.700. The second kappa shape index (κ2) is 5.15. The van der Waals surface area contributed by atoms with Gasteiger partial charge in [0.2, 0.25) is 0 Å². The first kappa shape index (κ1) is 11.9. The third-order valence-corrected chi connectivity index (χ3v) is 3.10. The molecule has 0 N–H and O–H groups in total. The maximum atomic E-state index is 6.04. The van der Waals surface area contributed by atoms with Crippen LogP contribution in [0.2, 0.25) is 5.15 Å². The molecule has 0 saturated carbocycles. The molecule has 0 bridgehead atoms. The van der Waals surface area contributed by atoms with E-state index in [1.165, 1.54) is 5.56 Å². The molecule has 1 heterocycles. The van der Waals surface area contributed by atoms with Crippen LogP contribution in [-0.2, 0) is 0 Å². The highest BCUT2D eigenvalue weighted by Gasteiger charge is 2.15. The third-order valence-electron chi connectivity index (χ3n) is 2.83. The van der Waals surface area contributed by atoms with E-state index in [2.05, 4.69) is 29.0 Å². The van der Waals surface area contributed by atoms with Gasteiger partial charge >= 0.3 is 0 Å². The Kier molecular flexibility index (Phi) is 3.59. The fourth-order valence-corrected chi connectivity index (χ4v) is 1.93. The van der Waals surface area contributed by atoms with Crippen molar-refractivity contribution in [1.29, 1.82) is 0 Å². The van der Waals surface area contributed by atoms with Gasteiger partial charge in [-0.15, -0.1) is 0 Å². The van der Waals surface area contributed by atoms with E-state index in [4.69, 9.17) is 11.6 Å². The van der Waals surface area contributed by atoms with E-state index in [-0.39, 0.29) is 6.04 Å². The molecule has 0 radical (unpaired) electrons. The van der Waals surface area contributed by atoms with Crippen molar-refractivity contribution < 1.29 is 0 Å². The summed E-state index contributed by atoms with van der Waals surface area (Å²) >= 11 is 6.04. The Labute approximate surface area is 106 Å². The van der Waals surface area contributed by atoms with Crippen molar-refractivity contribution in [3.63, 3.8) is 0 Å². The number of aromatic nitrogens is 2. The van der Waals surface area contributed by atoms with Gasteiger partial charge in [0.15, 0.2) is 11.0 Å². The zero-order valence-corrected chi connectivity index (χ0v) is 10.6. The molecule has 4 heteroatoms. The van der Waals surface area contributed by atoms with Gasteiger partial charge in [-0.2, -0.15) is 0 Å². The van der Waals surface area contributed by atoms with Crippen molar-refractivity contribution in [2.45, 2.75) is 13.0 Å². The summed E-state index contributed by atoms with van der Waals surface area (Å²) in [5.41, 5.74) is 1.22. The van der Waals surface area contributed by atoms with Crippen molar-refractivity contribution in [1.82, 2.24) is 9.97 Å². The molecule has 1 aromatic heterocycles. The quantitative estimate of drug-likeness (QED) is 0.833. The van der Waals surface area contributed by atoms with E-state index < -0.39 is 0 Å². The standard InChI is InChI=1S/C13H14ClN3/c1-10(11-6-4-3-5-7-11)17(2)13-12(14)15-8-9-16-13/h3-10H,1-2H3/t10-/m0/s1. The molecule has 0 unspecified atom stereocenters. The monoisotopic (exact) mass is 247 g/mol. The third kappa shape index (κ3) is 2.56. The lowest BCUT2D eigenvalue weighted by Crippen LogP contribution is -2.23. The molecule has 0 saturated heterocycles. The van der Waals surface area contributed by atoms with E-state index in [0.717, 1.165) is 0 Å². The summed E-state index contributed by atoms with van der Waals surface area (Å²) in [4.78, 5) is 10.3.